The number of quaternary nitrogens is 1. The van der Waals surface area contributed by atoms with E-state index in [0.717, 1.165) is 18.8 Å². The monoisotopic (exact) mass is 156 g/mol. The Morgan fingerprint density at radius 1 is 1.45 bits per heavy atom. The first-order valence-electron chi connectivity index (χ1n) is 3.70. The van der Waals surface area contributed by atoms with E-state index in [1.807, 2.05) is 0 Å². The first-order valence-corrected chi connectivity index (χ1v) is 3.70. The zero-order valence-electron chi connectivity index (χ0n) is 7.20. The maximum Gasteiger partial charge on any atom is 0.180 e. The zero-order chi connectivity index (χ0) is 8.27. The van der Waals surface area contributed by atoms with Crippen molar-refractivity contribution in [3.8, 4) is 0 Å². The molecule has 1 N–H and O–H groups in total. The van der Waals surface area contributed by atoms with Gasteiger partial charge in [0.1, 0.15) is 0 Å². The van der Waals surface area contributed by atoms with E-state index in [2.05, 4.69) is 29.5 Å². The van der Waals surface area contributed by atoms with E-state index in [0.29, 0.717) is 0 Å². The van der Waals surface area contributed by atoms with Gasteiger partial charge in [-0.25, -0.2) is 0 Å². The molecule has 0 aromatic carbocycles. The Kier molecular flexibility index (Phi) is 2.53. The molecule has 0 bridgehead atoms. The summed E-state index contributed by atoms with van der Waals surface area (Å²) in [6, 6.07) is 0. The Balaban J connectivity index is 2.39. The van der Waals surface area contributed by atoms with Crippen molar-refractivity contribution in [2.24, 2.45) is 7.05 Å². The molecule has 0 aliphatic heterocycles. The van der Waals surface area contributed by atoms with Crippen LogP contribution >= 0.6 is 0 Å². The molecule has 0 spiro atoms. The fourth-order valence-electron chi connectivity index (χ4n) is 0.785. The number of nitrogens with one attached hydrogen (secondary N) is 1. The number of aryl methyl sites for hydroxylation is 1. The van der Waals surface area contributed by atoms with Gasteiger partial charge in [-0.05, 0) is 5.21 Å². The summed E-state index contributed by atoms with van der Waals surface area (Å²) in [7, 11) is 5.99. The Hall–Kier alpha value is -0.970. The van der Waals surface area contributed by atoms with Gasteiger partial charge in [0.2, 0.25) is 0 Å². The number of likely N-dealkylation sites (N-methyl/N-ethyl adjacent to an activating group) is 1. The van der Waals surface area contributed by atoms with Gasteiger partial charge in [0.15, 0.2) is 5.82 Å². The minimum Gasteiger partial charge on any atom is -0.339 e. The van der Waals surface area contributed by atoms with Crippen molar-refractivity contribution in [2.75, 3.05) is 20.6 Å². The summed E-state index contributed by atoms with van der Waals surface area (Å²) >= 11 is 0. The second kappa shape index (κ2) is 3.43. The molecule has 1 aromatic heterocycles. The SMILES string of the molecule is Cn1nnc(CC[NH+](C)C)n1. The van der Waals surface area contributed by atoms with Crippen molar-refractivity contribution in [2.45, 2.75) is 6.42 Å². The second-order valence-electron chi connectivity index (χ2n) is 2.90. The minimum atomic E-state index is 0.828. The van der Waals surface area contributed by atoms with Crippen molar-refractivity contribution in [1.29, 1.82) is 0 Å². The minimum absolute atomic E-state index is 0.828. The first kappa shape index (κ1) is 8.13. The fourth-order valence-corrected chi connectivity index (χ4v) is 0.785. The standard InChI is InChI=1S/C6H13N5/c1-10(2)5-4-6-7-9-11(3)8-6/h4-5H2,1-3H3/p+1. The number of hydrogen-bond donors (Lipinski definition) is 1. The summed E-state index contributed by atoms with van der Waals surface area (Å²) < 4.78 is 0. The van der Waals surface area contributed by atoms with E-state index in [9.17, 15) is 0 Å². The molecule has 0 fully saturated rings. The van der Waals surface area contributed by atoms with Gasteiger partial charge in [-0.2, -0.15) is 4.80 Å². The number of hydrogen-bond acceptors (Lipinski definition) is 3. The molecule has 62 valence electrons. The van der Waals surface area contributed by atoms with Crippen molar-refractivity contribution < 1.29 is 4.90 Å². The zero-order valence-corrected chi connectivity index (χ0v) is 7.20. The lowest BCUT2D eigenvalue weighted by Gasteiger charge is -2.02. The van der Waals surface area contributed by atoms with Crippen LogP contribution in [0.4, 0.5) is 0 Å². The average Bonchev–Trinajstić information content (AvgIpc) is 2.31. The molecular formula is C6H14N5+. The number of tetrazole rings is 1. The van der Waals surface area contributed by atoms with E-state index in [4.69, 9.17) is 0 Å². The molecule has 0 atom stereocenters. The van der Waals surface area contributed by atoms with Crippen LogP contribution in [0, 0.1) is 0 Å². The predicted molar refractivity (Wildman–Crippen MR) is 40.2 cm³/mol. The topological polar surface area (TPSA) is 48.0 Å². The largest absolute Gasteiger partial charge is 0.339 e. The van der Waals surface area contributed by atoms with E-state index < -0.39 is 0 Å². The molecule has 0 amide bonds. The fraction of sp³-hybridized carbons (Fsp3) is 0.833. The molecule has 11 heavy (non-hydrogen) atoms. The summed E-state index contributed by atoms with van der Waals surface area (Å²) in [6.45, 7) is 1.05. The average molecular weight is 156 g/mol. The van der Waals surface area contributed by atoms with Gasteiger partial charge in [0.05, 0.1) is 34.1 Å². The molecule has 5 heteroatoms. The third kappa shape index (κ3) is 2.63. The molecule has 0 unspecified atom stereocenters. The van der Waals surface area contributed by atoms with Gasteiger partial charge < -0.3 is 4.90 Å². The lowest BCUT2D eigenvalue weighted by Crippen LogP contribution is -3.06. The number of aromatic nitrogens is 4. The van der Waals surface area contributed by atoms with Gasteiger partial charge in [-0.1, -0.05) is 0 Å². The second-order valence-corrected chi connectivity index (χ2v) is 2.90. The lowest BCUT2D eigenvalue weighted by atomic mass is 10.4. The molecule has 0 radical (unpaired) electrons. The molecule has 1 rings (SSSR count). The van der Waals surface area contributed by atoms with Crippen LogP contribution in [0.5, 0.6) is 0 Å². The highest BCUT2D eigenvalue weighted by molar-refractivity contribution is 4.75. The number of rotatable bonds is 3. The van der Waals surface area contributed by atoms with Gasteiger partial charge in [0, 0.05) is 0 Å². The number of nitrogens with zero attached hydrogens (tertiary/aromatic N) is 4. The van der Waals surface area contributed by atoms with Crippen molar-refractivity contribution in [1.82, 2.24) is 20.2 Å². The molecule has 5 nitrogen and oxygen atoms in total. The molecule has 1 heterocycles. The summed E-state index contributed by atoms with van der Waals surface area (Å²) in [5.74, 6) is 0.828. The van der Waals surface area contributed by atoms with Crippen LogP contribution in [0.1, 0.15) is 5.82 Å². The van der Waals surface area contributed by atoms with E-state index >= 15 is 0 Å². The van der Waals surface area contributed by atoms with Gasteiger partial charge in [0.25, 0.3) is 0 Å². The normalized spacial score (nSPS) is 10.9. The Labute approximate surface area is 66.0 Å². The smallest absolute Gasteiger partial charge is 0.180 e. The van der Waals surface area contributed by atoms with Crippen LogP contribution in [-0.4, -0.2) is 40.8 Å². The van der Waals surface area contributed by atoms with Gasteiger partial charge in [-0.15, -0.1) is 10.2 Å². The molecular weight excluding hydrogens is 142 g/mol. The third-order valence-corrected chi connectivity index (χ3v) is 1.40. The lowest BCUT2D eigenvalue weighted by molar-refractivity contribution is -0.858. The van der Waals surface area contributed by atoms with Crippen LogP contribution in [0.3, 0.4) is 0 Å². The van der Waals surface area contributed by atoms with Crippen LogP contribution in [0.2, 0.25) is 0 Å². The van der Waals surface area contributed by atoms with Crippen LogP contribution < -0.4 is 4.90 Å². The van der Waals surface area contributed by atoms with Crippen LogP contribution in [0.25, 0.3) is 0 Å². The van der Waals surface area contributed by atoms with Crippen molar-refractivity contribution >= 4 is 0 Å². The first-order chi connectivity index (χ1) is 5.18. The van der Waals surface area contributed by atoms with E-state index in [1.54, 1.807) is 7.05 Å². The quantitative estimate of drug-likeness (QED) is 0.545. The van der Waals surface area contributed by atoms with Gasteiger partial charge >= 0.3 is 0 Å². The van der Waals surface area contributed by atoms with E-state index in [-0.39, 0.29) is 0 Å². The van der Waals surface area contributed by atoms with E-state index in [1.165, 1.54) is 9.70 Å². The molecule has 0 aliphatic rings. The highest BCUT2D eigenvalue weighted by Gasteiger charge is 2.01. The highest BCUT2D eigenvalue weighted by Crippen LogP contribution is 1.82. The summed E-state index contributed by atoms with van der Waals surface area (Å²) in [5.41, 5.74) is 0. The molecule has 1 aromatic rings. The van der Waals surface area contributed by atoms with Crippen LogP contribution in [0.15, 0.2) is 0 Å². The molecule has 0 saturated carbocycles. The Morgan fingerprint density at radius 2 is 2.18 bits per heavy atom. The highest BCUT2D eigenvalue weighted by atomic mass is 15.6. The van der Waals surface area contributed by atoms with Gasteiger partial charge in [-0.3, -0.25) is 0 Å². The predicted octanol–water partition coefficient (Wildman–Crippen LogP) is -2.10. The summed E-state index contributed by atoms with van der Waals surface area (Å²) in [4.78, 5) is 2.89. The summed E-state index contributed by atoms with van der Waals surface area (Å²) in [6.07, 6.45) is 0.899. The van der Waals surface area contributed by atoms with Crippen molar-refractivity contribution in [3.63, 3.8) is 0 Å². The summed E-state index contributed by atoms with van der Waals surface area (Å²) in [5, 5.41) is 11.7. The molecule has 0 saturated heterocycles. The molecule has 0 aliphatic carbocycles. The Bertz CT molecular complexity index is 217. The Morgan fingerprint density at radius 3 is 2.64 bits per heavy atom. The maximum absolute atomic E-state index is 4.06. The van der Waals surface area contributed by atoms with Crippen LogP contribution in [-0.2, 0) is 13.5 Å². The van der Waals surface area contributed by atoms with Crippen molar-refractivity contribution in [3.05, 3.63) is 5.82 Å². The maximum atomic E-state index is 4.06. The third-order valence-electron chi connectivity index (χ3n) is 1.40.